The molecule has 2 aromatic carbocycles. The summed E-state index contributed by atoms with van der Waals surface area (Å²) in [4.78, 5) is 12.2. The van der Waals surface area contributed by atoms with E-state index in [0.29, 0.717) is 0 Å². The number of hydrogen-bond acceptors (Lipinski definition) is 3. The molecular weight excluding hydrogens is 290 g/mol. The number of alkyl halides is 3. The molecule has 0 radical (unpaired) electrons. The van der Waals surface area contributed by atoms with Gasteiger partial charge >= 0.3 is 6.36 Å². The SMILES string of the molecule is Nc1c(F)cccc1C(=O)c1ccccc1OC(F)(F)F. The molecule has 0 amide bonds. The highest BCUT2D eigenvalue weighted by molar-refractivity contribution is 6.13. The fourth-order valence-corrected chi connectivity index (χ4v) is 1.75. The van der Waals surface area contributed by atoms with Crippen LogP contribution in [0.25, 0.3) is 0 Å². The molecule has 2 N–H and O–H groups in total. The van der Waals surface area contributed by atoms with Gasteiger partial charge in [0, 0.05) is 5.56 Å². The first-order chi connectivity index (χ1) is 9.79. The number of benzene rings is 2. The van der Waals surface area contributed by atoms with Crippen LogP contribution in [0.3, 0.4) is 0 Å². The van der Waals surface area contributed by atoms with Crippen molar-refractivity contribution in [3.05, 3.63) is 59.4 Å². The zero-order valence-corrected chi connectivity index (χ0v) is 10.4. The molecule has 2 rings (SSSR count). The van der Waals surface area contributed by atoms with E-state index in [1.54, 1.807) is 0 Å². The predicted molar refractivity (Wildman–Crippen MR) is 67.4 cm³/mol. The molecule has 0 heterocycles. The first-order valence-corrected chi connectivity index (χ1v) is 5.73. The van der Waals surface area contributed by atoms with Crippen molar-refractivity contribution in [3.63, 3.8) is 0 Å². The van der Waals surface area contributed by atoms with Crippen molar-refractivity contribution in [3.8, 4) is 5.75 Å². The molecule has 0 saturated carbocycles. The zero-order valence-electron chi connectivity index (χ0n) is 10.4. The van der Waals surface area contributed by atoms with E-state index in [1.165, 1.54) is 24.3 Å². The van der Waals surface area contributed by atoms with Crippen LogP contribution < -0.4 is 10.5 Å². The average molecular weight is 299 g/mol. The first-order valence-electron chi connectivity index (χ1n) is 5.73. The van der Waals surface area contributed by atoms with Crippen molar-refractivity contribution in [2.45, 2.75) is 6.36 Å². The Morgan fingerprint density at radius 2 is 1.62 bits per heavy atom. The van der Waals surface area contributed by atoms with Crippen LogP contribution in [0.4, 0.5) is 23.2 Å². The lowest BCUT2D eigenvalue weighted by molar-refractivity contribution is -0.274. The third kappa shape index (κ3) is 3.31. The molecule has 0 aromatic heterocycles. The van der Waals surface area contributed by atoms with Gasteiger partial charge in [-0.25, -0.2) is 4.39 Å². The van der Waals surface area contributed by atoms with E-state index in [0.717, 1.165) is 18.2 Å². The fraction of sp³-hybridized carbons (Fsp3) is 0.0714. The number of nitrogen functional groups attached to an aromatic ring is 1. The van der Waals surface area contributed by atoms with E-state index in [-0.39, 0.29) is 11.1 Å². The van der Waals surface area contributed by atoms with Crippen molar-refractivity contribution < 1.29 is 27.1 Å². The van der Waals surface area contributed by atoms with E-state index in [4.69, 9.17) is 5.73 Å². The van der Waals surface area contributed by atoms with E-state index in [9.17, 15) is 22.4 Å². The van der Waals surface area contributed by atoms with Crippen LogP contribution in [-0.4, -0.2) is 12.1 Å². The second-order valence-corrected chi connectivity index (χ2v) is 4.07. The maximum absolute atomic E-state index is 13.3. The summed E-state index contributed by atoms with van der Waals surface area (Å²) in [6.07, 6.45) is -4.94. The molecule has 2 aromatic rings. The van der Waals surface area contributed by atoms with Crippen molar-refractivity contribution in [2.75, 3.05) is 5.73 Å². The number of ether oxygens (including phenoxy) is 1. The van der Waals surface area contributed by atoms with Gasteiger partial charge in [-0.1, -0.05) is 18.2 Å². The number of carbonyl (C=O) groups is 1. The molecule has 0 saturated heterocycles. The smallest absolute Gasteiger partial charge is 0.405 e. The van der Waals surface area contributed by atoms with Crippen LogP contribution in [-0.2, 0) is 0 Å². The van der Waals surface area contributed by atoms with Crippen molar-refractivity contribution in [1.29, 1.82) is 0 Å². The Bertz CT molecular complexity index is 683. The van der Waals surface area contributed by atoms with Crippen molar-refractivity contribution >= 4 is 11.5 Å². The second kappa shape index (κ2) is 5.43. The minimum Gasteiger partial charge on any atom is -0.405 e. The van der Waals surface area contributed by atoms with Gasteiger partial charge in [-0.15, -0.1) is 13.2 Å². The van der Waals surface area contributed by atoms with Gasteiger partial charge in [-0.3, -0.25) is 4.79 Å². The van der Waals surface area contributed by atoms with Gasteiger partial charge in [-0.2, -0.15) is 0 Å². The van der Waals surface area contributed by atoms with Crippen molar-refractivity contribution in [1.82, 2.24) is 0 Å². The maximum atomic E-state index is 13.3. The number of nitrogens with two attached hydrogens (primary N) is 1. The van der Waals surface area contributed by atoms with Crippen LogP contribution in [0.2, 0.25) is 0 Å². The van der Waals surface area contributed by atoms with E-state index >= 15 is 0 Å². The molecule has 110 valence electrons. The third-order valence-corrected chi connectivity index (χ3v) is 2.65. The van der Waals surface area contributed by atoms with Gasteiger partial charge in [0.05, 0.1) is 11.3 Å². The maximum Gasteiger partial charge on any atom is 0.573 e. The lowest BCUT2D eigenvalue weighted by Crippen LogP contribution is -2.19. The highest BCUT2D eigenvalue weighted by atomic mass is 19.4. The van der Waals surface area contributed by atoms with E-state index in [1.807, 2.05) is 0 Å². The Morgan fingerprint density at radius 1 is 1.00 bits per heavy atom. The number of halogens is 4. The summed E-state index contributed by atoms with van der Waals surface area (Å²) in [7, 11) is 0. The standard InChI is InChI=1S/C14H9F4NO2/c15-10-6-3-5-9(12(10)19)13(20)8-4-1-2-7-11(8)21-14(16,17)18/h1-7H,19H2. The van der Waals surface area contributed by atoms with Gasteiger partial charge in [0.2, 0.25) is 0 Å². The van der Waals surface area contributed by atoms with Gasteiger partial charge in [0.1, 0.15) is 11.6 Å². The summed E-state index contributed by atoms with van der Waals surface area (Å²) >= 11 is 0. The van der Waals surface area contributed by atoms with Crippen LogP contribution in [0, 0.1) is 5.82 Å². The van der Waals surface area contributed by atoms with Gasteiger partial charge in [0.15, 0.2) is 5.78 Å². The van der Waals surface area contributed by atoms with Crippen LogP contribution in [0.15, 0.2) is 42.5 Å². The summed E-state index contributed by atoms with van der Waals surface area (Å²) < 4.78 is 54.1. The lowest BCUT2D eigenvalue weighted by atomic mass is 10.0. The number of rotatable bonds is 3. The van der Waals surface area contributed by atoms with Crippen LogP contribution >= 0.6 is 0 Å². The molecule has 0 spiro atoms. The van der Waals surface area contributed by atoms with Gasteiger partial charge in [-0.05, 0) is 24.3 Å². The number of carbonyl (C=O) groups excluding carboxylic acids is 1. The summed E-state index contributed by atoms with van der Waals surface area (Å²) in [6.45, 7) is 0. The number of para-hydroxylation sites is 2. The molecule has 0 aliphatic carbocycles. The minimum absolute atomic E-state index is 0.228. The monoisotopic (exact) mass is 299 g/mol. The molecule has 0 aliphatic heterocycles. The Kier molecular flexibility index (Phi) is 3.84. The van der Waals surface area contributed by atoms with E-state index < -0.39 is 29.4 Å². The largest absolute Gasteiger partial charge is 0.573 e. The number of anilines is 1. The molecule has 0 bridgehead atoms. The molecule has 0 fully saturated rings. The molecule has 21 heavy (non-hydrogen) atoms. The predicted octanol–water partition coefficient (Wildman–Crippen LogP) is 3.54. The quantitative estimate of drug-likeness (QED) is 0.536. The molecular formula is C14H9F4NO2. The lowest BCUT2D eigenvalue weighted by Gasteiger charge is -2.13. The highest BCUT2D eigenvalue weighted by Crippen LogP contribution is 2.29. The molecule has 0 atom stereocenters. The van der Waals surface area contributed by atoms with Gasteiger partial charge in [0.25, 0.3) is 0 Å². The molecule has 7 heteroatoms. The number of ketones is 1. The summed E-state index contributed by atoms with van der Waals surface area (Å²) in [5, 5.41) is 0. The molecule has 0 aliphatic rings. The number of hydrogen-bond donors (Lipinski definition) is 1. The first kappa shape index (κ1) is 14.8. The Labute approximate surface area is 116 Å². The molecule has 0 unspecified atom stereocenters. The van der Waals surface area contributed by atoms with Crippen LogP contribution in [0.1, 0.15) is 15.9 Å². The van der Waals surface area contributed by atoms with Crippen molar-refractivity contribution in [2.24, 2.45) is 0 Å². The normalized spacial score (nSPS) is 11.2. The van der Waals surface area contributed by atoms with Gasteiger partial charge < -0.3 is 10.5 Å². The Morgan fingerprint density at radius 3 is 2.29 bits per heavy atom. The highest BCUT2D eigenvalue weighted by Gasteiger charge is 2.33. The van der Waals surface area contributed by atoms with Crippen LogP contribution in [0.5, 0.6) is 5.75 Å². The molecule has 3 nitrogen and oxygen atoms in total. The average Bonchev–Trinajstić information content (AvgIpc) is 2.40. The fourth-order valence-electron chi connectivity index (χ4n) is 1.75. The summed E-state index contributed by atoms with van der Waals surface area (Å²) in [6, 6.07) is 8.31. The Balaban J connectivity index is 2.47. The third-order valence-electron chi connectivity index (χ3n) is 2.65. The summed E-state index contributed by atoms with van der Waals surface area (Å²) in [5.41, 5.74) is 4.43. The topological polar surface area (TPSA) is 52.3 Å². The second-order valence-electron chi connectivity index (χ2n) is 4.07. The summed E-state index contributed by atoms with van der Waals surface area (Å²) in [5.74, 6) is -2.35. The Hall–Kier alpha value is -2.57. The van der Waals surface area contributed by atoms with E-state index in [2.05, 4.69) is 4.74 Å². The zero-order chi connectivity index (χ0) is 15.6. The minimum atomic E-state index is -4.94.